The lowest BCUT2D eigenvalue weighted by molar-refractivity contribution is -0.111. The molecule has 0 spiro atoms. The number of para-hydroxylation sites is 1. The lowest BCUT2D eigenvalue weighted by Crippen LogP contribution is -2.08. The van der Waals surface area contributed by atoms with Crippen LogP contribution in [-0.4, -0.2) is 18.0 Å². The fourth-order valence-corrected chi connectivity index (χ4v) is 3.19. The van der Waals surface area contributed by atoms with Crippen LogP contribution in [0.15, 0.2) is 58.5 Å². The van der Waals surface area contributed by atoms with Crippen molar-refractivity contribution in [1.29, 1.82) is 0 Å². The number of hydrogen-bond donors (Lipinski definition) is 1. The van der Waals surface area contributed by atoms with Gasteiger partial charge in [-0.15, -0.1) is 11.3 Å². The first-order valence-electron chi connectivity index (χ1n) is 7.62. The molecule has 1 amide bonds. The number of carbonyl (C=O) groups excluding carboxylic acids is 1. The maximum absolute atomic E-state index is 12.2. The molecule has 0 aliphatic heterocycles. The minimum atomic E-state index is -0.260. The van der Waals surface area contributed by atoms with Crippen molar-refractivity contribution in [3.63, 3.8) is 0 Å². The molecule has 4 aromatic rings. The second-order valence-corrected chi connectivity index (χ2v) is 6.27. The zero-order valence-corrected chi connectivity index (χ0v) is 14.2. The number of anilines is 1. The van der Waals surface area contributed by atoms with E-state index in [1.807, 2.05) is 35.7 Å². The van der Waals surface area contributed by atoms with Crippen molar-refractivity contribution < 1.29 is 13.9 Å². The fourth-order valence-electron chi connectivity index (χ4n) is 2.66. The van der Waals surface area contributed by atoms with Crippen LogP contribution in [0.3, 0.4) is 0 Å². The normalized spacial score (nSPS) is 11.4. The first-order chi connectivity index (χ1) is 12.2. The molecule has 0 aliphatic carbocycles. The summed E-state index contributed by atoms with van der Waals surface area (Å²) in [5.74, 6) is 0.319. The van der Waals surface area contributed by atoms with Crippen LogP contribution in [0.5, 0.6) is 5.75 Å². The molecule has 2 aromatic heterocycles. The standard InChI is InChI=1S/C19H14N2O3S/c1-23-17-10-13-12-4-2-3-5-15(12)24-16(13)11-14(17)21-18(22)6-7-19-20-8-9-25-19/h2-11H,1H3,(H,21,22)/b7-6+. The van der Waals surface area contributed by atoms with E-state index < -0.39 is 0 Å². The molecular formula is C19H14N2O3S. The summed E-state index contributed by atoms with van der Waals surface area (Å²) in [5.41, 5.74) is 2.05. The molecule has 25 heavy (non-hydrogen) atoms. The van der Waals surface area contributed by atoms with Crippen LogP contribution >= 0.6 is 11.3 Å². The van der Waals surface area contributed by atoms with Gasteiger partial charge in [-0.05, 0) is 18.2 Å². The van der Waals surface area contributed by atoms with Gasteiger partial charge in [-0.3, -0.25) is 4.79 Å². The highest BCUT2D eigenvalue weighted by molar-refractivity contribution is 7.10. The quantitative estimate of drug-likeness (QED) is 0.542. The summed E-state index contributed by atoms with van der Waals surface area (Å²) >= 11 is 1.47. The fraction of sp³-hybridized carbons (Fsp3) is 0.0526. The Balaban J connectivity index is 1.68. The Kier molecular flexibility index (Phi) is 3.95. The van der Waals surface area contributed by atoms with Gasteiger partial charge >= 0.3 is 0 Å². The van der Waals surface area contributed by atoms with E-state index >= 15 is 0 Å². The second kappa shape index (κ2) is 6.41. The molecule has 0 saturated heterocycles. The number of aromatic nitrogens is 1. The number of furan rings is 1. The summed E-state index contributed by atoms with van der Waals surface area (Å²) < 4.78 is 11.3. The van der Waals surface area contributed by atoms with Gasteiger partial charge in [-0.1, -0.05) is 18.2 Å². The van der Waals surface area contributed by atoms with Crippen LogP contribution in [0, 0.1) is 0 Å². The van der Waals surface area contributed by atoms with Crippen LogP contribution in [0.1, 0.15) is 5.01 Å². The molecule has 0 radical (unpaired) electrons. The van der Waals surface area contributed by atoms with Gasteiger partial charge < -0.3 is 14.5 Å². The van der Waals surface area contributed by atoms with Gasteiger partial charge in [0, 0.05) is 34.5 Å². The summed E-state index contributed by atoms with van der Waals surface area (Å²) in [7, 11) is 1.57. The largest absolute Gasteiger partial charge is 0.495 e. The molecule has 6 heteroatoms. The molecule has 0 aliphatic rings. The molecule has 2 heterocycles. The van der Waals surface area contributed by atoms with Crippen LogP contribution < -0.4 is 10.1 Å². The number of thiazole rings is 1. The Morgan fingerprint density at radius 2 is 2.12 bits per heavy atom. The van der Waals surface area contributed by atoms with Crippen LogP contribution in [0.4, 0.5) is 5.69 Å². The Bertz CT molecular complexity index is 1080. The van der Waals surface area contributed by atoms with Crippen molar-refractivity contribution in [1.82, 2.24) is 4.98 Å². The predicted octanol–water partition coefficient (Wildman–Crippen LogP) is 4.70. The first kappa shape index (κ1) is 15.4. The highest BCUT2D eigenvalue weighted by Gasteiger charge is 2.13. The predicted molar refractivity (Wildman–Crippen MR) is 100 cm³/mol. The Hall–Kier alpha value is -3.12. The van der Waals surface area contributed by atoms with Crippen LogP contribution in [0.25, 0.3) is 28.0 Å². The summed E-state index contributed by atoms with van der Waals surface area (Å²) in [6.07, 6.45) is 4.81. The van der Waals surface area contributed by atoms with Gasteiger partial charge in [0.2, 0.25) is 5.91 Å². The third-order valence-electron chi connectivity index (χ3n) is 3.79. The third-order valence-corrected chi connectivity index (χ3v) is 4.53. The SMILES string of the molecule is COc1cc2c(cc1NC(=O)/C=C/c1nccs1)oc1ccccc12. The minimum absolute atomic E-state index is 0.260. The second-order valence-electron chi connectivity index (χ2n) is 5.34. The lowest BCUT2D eigenvalue weighted by atomic mass is 10.1. The van der Waals surface area contributed by atoms with E-state index in [9.17, 15) is 4.79 Å². The number of carbonyl (C=O) groups is 1. The third kappa shape index (κ3) is 2.99. The number of ether oxygens (including phenoxy) is 1. The smallest absolute Gasteiger partial charge is 0.248 e. The van der Waals surface area contributed by atoms with Crippen molar-refractivity contribution >= 4 is 50.9 Å². The molecule has 0 unspecified atom stereocenters. The van der Waals surface area contributed by atoms with Gasteiger partial charge in [0.25, 0.3) is 0 Å². The lowest BCUT2D eigenvalue weighted by Gasteiger charge is -2.08. The number of benzene rings is 2. The zero-order valence-electron chi connectivity index (χ0n) is 13.4. The summed E-state index contributed by atoms with van der Waals surface area (Å²) in [6, 6.07) is 11.5. The molecule has 2 aromatic carbocycles. The van der Waals surface area contributed by atoms with Crippen LogP contribution in [0.2, 0.25) is 0 Å². The zero-order chi connectivity index (χ0) is 17.2. The summed E-state index contributed by atoms with van der Waals surface area (Å²) in [6.45, 7) is 0. The highest BCUT2D eigenvalue weighted by atomic mass is 32.1. The van der Waals surface area contributed by atoms with Crippen molar-refractivity contribution in [2.45, 2.75) is 0 Å². The highest BCUT2D eigenvalue weighted by Crippen LogP contribution is 2.36. The monoisotopic (exact) mass is 350 g/mol. The van der Waals surface area contributed by atoms with Crippen molar-refractivity contribution in [2.75, 3.05) is 12.4 Å². The summed E-state index contributed by atoms with van der Waals surface area (Å²) in [5, 5.41) is 7.42. The Morgan fingerprint density at radius 3 is 2.92 bits per heavy atom. The van der Waals surface area contributed by atoms with Crippen molar-refractivity contribution in [3.05, 3.63) is 59.1 Å². The van der Waals surface area contributed by atoms with Gasteiger partial charge in [0.15, 0.2) is 0 Å². The molecule has 0 bridgehead atoms. The minimum Gasteiger partial charge on any atom is -0.495 e. The van der Waals surface area contributed by atoms with Gasteiger partial charge in [-0.25, -0.2) is 4.98 Å². The van der Waals surface area contributed by atoms with Gasteiger partial charge in [0.1, 0.15) is 21.9 Å². The van der Waals surface area contributed by atoms with E-state index in [-0.39, 0.29) is 5.91 Å². The topological polar surface area (TPSA) is 64.4 Å². The molecule has 1 N–H and O–H groups in total. The number of nitrogens with zero attached hydrogens (tertiary/aromatic N) is 1. The maximum atomic E-state index is 12.2. The van der Waals surface area contributed by atoms with E-state index in [4.69, 9.17) is 9.15 Å². The average Bonchev–Trinajstić information content (AvgIpc) is 3.26. The number of amides is 1. The van der Waals surface area contributed by atoms with Gasteiger partial charge in [0.05, 0.1) is 12.8 Å². The van der Waals surface area contributed by atoms with E-state index in [0.29, 0.717) is 17.0 Å². The van der Waals surface area contributed by atoms with Crippen molar-refractivity contribution in [2.24, 2.45) is 0 Å². The number of hydrogen-bond acceptors (Lipinski definition) is 5. The maximum Gasteiger partial charge on any atom is 0.248 e. The molecular weight excluding hydrogens is 336 g/mol. The van der Waals surface area contributed by atoms with E-state index in [0.717, 1.165) is 21.4 Å². The molecule has 4 rings (SSSR count). The number of fused-ring (bicyclic) bond motifs is 3. The Morgan fingerprint density at radius 1 is 1.24 bits per heavy atom. The van der Waals surface area contributed by atoms with E-state index in [1.165, 1.54) is 17.4 Å². The number of methoxy groups -OCH3 is 1. The van der Waals surface area contributed by atoms with E-state index in [2.05, 4.69) is 10.3 Å². The molecule has 124 valence electrons. The molecule has 5 nitrogen and oxygen atoms in total. The first-order valence-corrected chi connectivity index (χ1v) is 8.50. The van der Waals surface area contributed by atoms with Gasteiger partial charge in [-0.2, -0.15) is 0 Å². The molecule has 0 saturated carbocycles. The average molecular weight is 350 g/mol. The molecule has 0 atom stereocenters. The molecule has 0 fully saturated rings. The number of rotatable bonds is 4. The van der Waals surface area contributed by atoms with E-state index in [1.54, 1.807) is 25.4 Å². The number of nitrogens with one attached hydrogen (secondary N) is 1. The summed E-state index contributed by atoms with van der Waals surface area (Å²) in [4.78, 5) is 16.3. The van der Waals surface area contributed by atoms with Crippen molar-refractivity contribution in [3.8, 4) is 5.75 Å². The van der Waals surface area contributed by atoms with Crippen LogP contribution in [-0.2, 0) is 4.79 Å². The Labute approximate surface area is 147 Å².